The molecule has 9 heteroatoms. The van der Waals surface area contributed by atoms with Gasteiger partial charge in [-0.1, -0.05) is 13.3 Å². The van der Waals surface area contributed by atoms with Gasteiger partial charge in [-0.2, -0.15) is 0 Å². The molecular weight excluding hydrogens is 328 g/mol. The Kier molecular flexibility index (Phi) is 5.83. The summed E-state index contributed by atoms with van der Waals surface area (Å²) in [4.78, 5) is 38.6. The van der Waals surface area contributed by atoms with Gasteiger partial charge in [-0.25, -0.2) is 4.98 Å². The molecule has 132 valence electrons. The Hall–Kier alpha value is -3.23. The van der Waals surface area contributed by atoms with Gasteiger partial charge in [0.05, 0.1) is 24.0 Å². The smallest absolute Gasteiger partial charge is 0.271 e. The summed E-state index contributed by atoms with van der Waals surface area (Å²) in [7, 11) is 1.39. The maximum atomic E-state index is 12.2. The van der Waals surface area contributed by atoms with Crippen LogP contribution in [0.5, 0.6) is 5.75 Å². The van der Waals surface area contributed by atoms with E-state index < -0.39 is 10.8 Å². The SMILES string of the molecule is CCCc1cc(=O)n(CC(=O)Nc2cc([N+](=O)[O-])ccc2OC)cn1. The van der Waals surface area contributed by atoms with E-state index in [4.69, 9.17) is 4.74 Å². The van der Waals surface area contributed by atoms with Crippen LogP contribution in [0.15, 0.2) is 35.4 Å². The number of aromatic nitrogens is 2. The summed E-state index contributed by atoms with van der Waals surface area (Å²) in [6.07, 6.45) is 2.87. The second-order valence-electron chi connectivity index (χ2n) is 5.29. The van der Waals surface area contributed by atoms with Gasteiger partial charge in [-0.3, -0.25) is 24.3 Å². The number of nitro groups is 1. The predicted octanol–water partition coefficient (Wildman–Crippen LogP) is 1.75. The van der Waals surface area contributed by atoms with Crippen molar-refractivity contribution in [3.8, 4) is 5.75 Å². The molecule has 0 saturated heterocycles. The number of nitrogens with one attached hydrogen (secondary N) is 1. The number of rotatable bonds is 7. The minimum Gasteiger partial charge on any atom is -0.495 e. The van der Waals surface area contributed by atoms with E-state index in [1.165, 1.54) is 42.3 Å². The Morgan fingerprint density at radius 3 is 2.76 bits per heavy atom. The van der Waals surface area contributed by atoms with E-state index in [2.05, 4.69) is 10.3 Å². The lowest BCUT2D eigenvalue weighted by Crippen LogP contribution is -2.28. The largest absolute Gasteiger partial charge is 0.495 e. The number of hydrogen-bond acceptors (Lipinski definition) is 6. The number of benzene rings is 1. The van der Waals surface area contributed by atoms with E-state index in [0.29, 0.717) is 12.1 Å². The molecule has 0 unspecified atom stereocenters. The van der Waals surface area contributed by atoms with Crippen molar-refractivity contribution >= 4 is 17.3 Å². The fraction of sp³-hybridized carbons (Fsp3) is 0.312. The fourth-order valence-corrected chi connectivity index (χ4v) is 2.23. The van der Waals surface area contributed by atoms with Crippen molar-refractivity contribution in [1.29, 1.82) is 0 Å². The molecule has 0 aliphatic rings. The quantitative estimate of drug-likeness (QED) is 0.603. The number of amides is 1. The Bertz CT molecular complexity index is 847. The minimum atomic E-state index is -0.573. The second kappa shape index (κ2) is 8.04. The summed E-state index contributed by atoms with van der Waals surface area (Å²) in [6, 6.07) is 5.25. The van der Waals surface area contributed by atoms with Crippen molar-refractivity contribution < 1.29 is 14.5 Å². The zero-order valence-electron chi connectivity index (χ0n) is 13.9. The number of non-ortho nitro benzene ring substituents is 1. The molecule has 1 heterocycles. The Morgan fingerprint density at radius 2 is 2.16 bits per heavy atom. The van der Waals surface area contributed by atoms with E-state index >= 15 is 0 Å². The van der Waals surface area contributed by atoms with Crippen LogP contribution < -0.4 is 15.6 Å². The highest BCUT2D eigenvalue weighted by molar-refractivity contribution is 5.92. The van der Waals surface area contributed by atoms with Crippen molar-refractivity contribution in [2.75, 3.05) is 12.4 Å². The number of anilines is 1. The zero-order valence-corrected chi connectivity index (χ0v) is 13.9. The lowest BCUT2D eigenvalue weighted by atomic mass is 10.2. The van der Waals surface area contributed by atoms with Gasteiger partial charge in [-0.15, -0.1) is 0 Å². The number of ether oxygens (including phenoxy) is 1. The van der Waals surface area contributed by atoms with Crippen LogP contribution in [0.2, 0.25) is 0 Å². The molecular formula is C16H18N4O5. The molecule has 9 nitrogen and oxygen atoms in total. The van der Waals surface area contributed by atoms with Crippen LogP contribution in [-0.2, 0) is 17.8 Å². The van der Waals surface area contributed by atoms with Crippen molar-refractivity contribution in [3.05, 3.63) is 56.8 Å². The number of carbonyl (C=O) groups excluding carboxylic acids is 1. The van der Waals surface area contributed by atoms with Gasteiger partial charge < -0.3 is 10.1 Å². The zero-order chi connectivity index (χ0) is 18.4. The van der Waals surface area contributed by atoms with Crippen LogP contribution in [-0.4, -0.2) is 27.5 Å². The number of nitro benzene ring substituents is 1. The minimum absolute atomic E-state index is 0.158. The third-order valence-corrected chi connectivity index (χ3v) is 3.42. The van der Waals surface area contributed by atoms with Crippen molar-refractivity contribution in [2.24, 2.45) is 0 Å². The molecule has 0 spiro atoms. The number of methoxy groups -OCH3 is 1. The third-order valence-electron chi connectivity index (χ3n) is 3.42. The van der Waals surface area contributed by atoms with E-state index in [-0.39, 0.29) is 29.2 Å². The first-order chi connectivity index (χ1) is 11.9. The van der Waals surface area contributed by atoms with Crippen molar-refractivity contribution in [2.45, 2.75) is 26.3 Å². The molecule has 0 bridgehead atoms. The van der Waals surface area contributed by atoms with E-state index in [1.54, 1.807) is 0 Å². The van der Waals surface area contributed by atoms with Crippen molar-refractivity contribution in [1.82, 2.24) is 9.55 Å². The molecule has 25 heavy (non-hydrogen) atoms. The van der Waals surface area contributed by atoms with Gasteiger partial charge in [0, 0.05) is 23.9 Å². The molecule has 1 aromatic carbocycles. The van der Waals surface area contributed by atoms with E-state index in [1.807, 2.05) is 6.92 Å². The first kappa shape index (κ1) is 18.1. The summed E-state index contributed by atoms with van der Waals surface area (Å²) in [5.41, 5.74) is 0.313. The molecule has 0 fully saturated rings. The van der Waals surface area contributed by atoms with Gasteiger partial charge >= 0.3 is 0 Å². The first-order valence-corrected chi connectivity index (χ1v) is 7.62. The summed E-state index contributed by atoms with van der Waals surface area (Å²) in [5, 5.41) is 13.4. The van der Waals surface area contributed by atoms with E-state index in [9.17, 15) is 19.7 Å². The number of aryl methyl sites for hydroxylation is 1. The van der Waals surface area contributed by atoms with Gasteiger partial charge in [0.1, 0.15) is 12.3 Å². The average molecular weight is 346 g/mol. The molecule has 1 amide bonds. The topological polar surface area (TPSA) is 116 Å². The molecule has 0 saturated carbocycles. The monoisotopic (exact) mass is 346 g/mol. The van der Waals surface area contributed by atoms with Crippen LogP contribution in [0.4, 0.5) is 11.4 Å². The maximum absolute atomic E-state index is 12.2. The molecule has 1 aromatic heterocycles. The second-order valence-corrected chi connectivity index (χ2v) is 5.29. The molecule has 2 rings (SSSR count). The van der Waals surface area contributed by atoms with E-state index in [0.717, 1.165) is 6.42 Å². The van der Waals surface area contributed by atoms with Crippen molar-refractivity contribution in [3.63, 3.8) is 0 Å². The average Bonchev–Trinajstić information content (AvgIpc) is 2.57. The van der Waals surface area contributed by atoms with Crippen LogP contribution in [0.25, 0.3) is 0 Å². The highest BCUT2D eigenvalue weighted by Crippen LogP contribution is 2.28. The van der Waals surface area contributed by atoms with Gasteiger partial charge in [0.15, 0.2) is 0 Å². The highest BCUT2D eigenvalue weighted by Gasteiger charge is 2.14. The van der Waals surface area contributed by atoms with Crippen LogP contribution in [0.3, 0.4) is 0 Å². The lowest BCUT2D eigenvalue weighted by Gasteiger charge is -2.11. The lowest BCUT2D eigenvalue weighted by molar-refractivity contribution is -0.384. The number of carbonyl (C=O) groups is 1. The first-order valence-electron chi connectivity index (χ1n) is 7.62. The summed E-state index contributed by atoms with van der Waals surface area (Å²) in [5.74, 6) is -0.242. The standard InChI is InChI=1S/C16H18N4O5/c1-3-4-11-7-16(22)19(10-17-11)9-15(21)18-13-8-12(20(23)24)5-6-14(13)25-2/h5-8,10H,3-4,9H2,1-2H3,(H,18,21). The van der Waals surface area contributed by atoms with Crippen LogP contribution in [0, 0.1) is 10.1 Å². The number of hydrogen-bond donors (Lipinski definition) is 1. The number of nitrogens with zero attached hydrogens (tertiary/aromatic N) is 3. The summed E-state index contributed by atoms with van der Waals surface area (Å²) >= 11 is 0. The van der Waals surface area contributed by atoms with Gasteiger partial charge in [-0.05, 0) is 12.5 Å². The fourth-order valence-electron chi connectivity index (χ4n) is 2.23. The maximum Gasteiger partial charge on any atom is 0.271 e. The molecule has 0 radical (unpaired) electrons. The van der Waals surface area contributed by atoms with Crippen LogP contribution in [0.1, 0.15) is 19.0 Å². The Labute approximate surface area is 143 Å². The van der Waals surface area contributed by atoms with Crippen LogP contribution >= 0.6 is 0 Å². The molecule has 0 aliphatic carbocycles. The molecule has 0 aliphatic heterocycles. The van der Waals surface area contributed by atoms with Gasteiger partial charge in [0.2, 0.25) is 5.91 Å². The normalized spacial score (nSPS) is 10.3. The summed E-state index contributed by atoms with van der Waals surface area (Å²) in [6.45, 7) is 1.72. The Balaban J connectivity index is 2.16. The Morgan fingerprint density at radius 1 is 1.40 bits per heavy atom. The van der Waals surface area contributed by atoms with Gasteiger partial charge in [0.25, 0.3) is 11.2 Å². The predicted molar refractivity (Wildman–Crippen MR) is 90.8 cm³/mol. The molecule has 2 aromatic rings. The summed E-state index contributed by atoms with van der Waals surface area (Å²) < 4.78 is 6.24. The third kappa shape index (κ3) is 4.63. The highest BCUT2D eigenvalue weighted by atomic mass is 16.6. The molecule has 0 atom stereocenters. The molecule has 1 N–H and O–H groups in total.